The molecule has 16 heavy (non-hydrogen) atoms. The Morgan fingerprint density at radius 1 is 1.38 bits per heavy atom. The molecule has 3 N–H and O–H groups in total. The van der Waals surface area contributed by atoms with Crippen molar-refractivity contribution in [1.82, 2.24) is 0 Å². The van der Waals surface area contributed by atoms with Crippen LogP contribution in [0.4, 0.5) is 0 Å². The van der Waals surface area contributed by atoms with Crippen molar-refractivity contribution in [2.45, 2.75) is 18.4 Å². The van der Waals surface area contributed by atoms with Gasteiger partial charge in [-0.2, -0.15) is 0 Å². The van der Waals surface area contributed by atoms with Gasteiger partial charge in [0.25, 0.3) is 0 Å². The molecule has 88 valence electrons. The van der Waals surface area contributed by atoms with E-state index in [-0.39, 0.29) is 18.6 Å². The summed E-state index contributed by atoms with van der Waals surface area (Å²) in [6.07, 6.45) is 2.47. The summed E-state index contributed by atoms with van der Waals surface area (Å²) in [5.74, 6) is 0.0114. The Hall–Kier alpha value is -0.540. The molecule has 0 saturated carbocycles. The topological polar surface area (TPSA) is 46.2 Å². The number of hydrogen-bond donors (Lipinski definition) is 2. The predicted octanol–water partition coefficient (Wildman–Crippen LogP) is 2.97. The highest BCUT2D eigenvalue weighted by molar-refractivity contribution is 6.42. The first kappa shape index (κ1) is 13.5. The highest BCUT2D eigenvalue weighted by atomic mass is 35.5. The summed E-state index contributed by atoms with van der Waals surface area (Å²) in [5.41, 5.74) is 6.82. The fraction of sp³-hybridized carbons (Fsp3) is 0.333. The van der Waals surface area contributed by atoms with Crippen molar-refractivity contribution >= 4 is 23.2 Å². The van der Waals surface area contributed by atoms with E-state index in [2.05, 4.69) is 6.58 Å². The molecule has 0 fully saturated rings. The van der Waals surface area contributed by atoms with Gasteiger partial charge in [-0.3, -0.25) is 0 Å². The van der Waals surface area contributed by atoms with Gasteiger partial charge in [-0.15, -0.1) is 6.58 Å². The molecule has 0 saturated heterocycles. The third-order valence-corrected chi connectivity index (χ3v) is 3.26. The lowest BCUT2D eigenvalue weighted by Gasteiger charge is -2.21. The molecule has 1 rings (SSSR count). The molecule has 2 atom stereocenters. The maximum atomic E-state index is 9.10. The summed E-state index contributed by atoms with van der Waals surface area (Å²) in [4.78, 5) is 0. The first-order valence-corrected chi connectivity index (χ1v) is 5.78. The number of benzene rings is 1. The molecule has 0 spiro atoms. The van der Waals surface area contributed by atoms with Crippen LogP contribution in [0.25, 0.3) is 0 Å². The minimum Gasteiger partial charge on any atom is -0.395 e. The minimum atomic E-state index is -0.324. The van der Waals surface area contributed by atoms with Crippen LogP contribution in [0, 0.1) is 0 Å². The molecular formula is C12H15Cl2NO. The van der Waals surface area contributed by atoms with E-state index in [0.29, 0.717) is 16.5 Å². The standard InChI is InChI=1S/C12H15Cl2NO/c1-2-3-9(12(15)7-16)8-4-5-10(13)11(14)6-8/h2,4-6,9,12,16H,1,3,7,15H2/t9-,12+/m0/s1. The second kappa shape index (κ2) is 6.26. The second-order valence-electron chi connectivity index (χ2n) is 3.65. The Bertz CT molecular complexity index is 368. The zero-order chi connectivity index (χ0) is 12.1. The molecule has 0 unspecified atom stereocenters. The van der Waals surface area contributed by atoms with Crippen LogP contribution < -0.4 is 5.73 Å². The van der Waals surface area contributed by atoms with Crippen molar-refractivity contribution in [3.8, 4) is 0 Å². The van der Waals surface area contributed by atoms with E-state index in [0.717, 1.165) is 5.56 Å². The van der Waals surface area contributed by atoms with E-state index in [4.69, 9.17) is 34.0 Å². The Labute approximate surface area is 106 Å². The quantitative estimate of drug-likeness (QED) is 0.799. The van der Waals surface area contributed by atoms with Gasteiger partial charge in [0.2, 0.25) is 0 Å². The van der Waals surface area contributed by atoms with Gasteiger partial charge < -0.3 is 10.8 Å². The fourth-order valence-corrected chi connectivity index (χ4v) is 1.91. The lowest BCUT2D eigenvalue weighted by Crippen LogP contribution is -2.31. The van der Waals surface area contributed by atoms with E-state index in [1.165, 1.54) is 0 Å². The normalized spacial score (nSPS) is 14.5. The average molecular weight is 260 g/mol. The molecule has 0 radical (unpaired) electrons. The van der Waals surface area contributed by atoms with E-state index < -0.39 is 0 Å². The predicted molar refractivity (Wildman–Crippen MR) is 69.1 cm³/mol. The molecule has 0 aliphatic heterocycles. The summed E-state index contributed by atoms with van der Waals surface area (Å²) in [7, 11) is 0. The van der Waals surface area contributed by atoms with E-state index in [1.807, 2.05) is 6.07 Å². The van der Waals surface area contributed by atoms with E-state index in [1.54, 1.807) is 18.2 Å². The van der Waals surface area contributed by atoms with Crippen LogP contribution in [0.3, 0.4) is 0 Å². The van der Waals surface area contributed by atoms with Crippen LogP contribution in [-0.4, -0.2) is 17.8 Å². The number of aliphatic hydroxyl groups is 1. The van der Waals surface area contributed by atoms with Crippen molar-refractivity contribution in [3.63, 3.8) is 0 Å². The van der Waals surface area contributed by atoms with Crippen molar-refractivity contribution in [3.05, 3.63) is 46.5 Å². The number of halogens is 2. The molecule has 0 aromatic heterocycles. The molecular weight excluding hydrogens is 245 g/mol. The molecule has 0 heterocycles. The Balaban J connectivity index is 3.00. The molecule has 0 amide bonds. The van der Waals surface area contributed by atoms with Crippen LogP contribution in [0.5, 0.6) is 0 Å². The van der Waals surface area contributed by atoms with Gasteiger partial charge in [0.1, 0.15) is 0 Å². The molecule has 4 heteroatoms. The van der Waals surface area contributed by atoms with E-state index >= 15 is 0 Å². The van der Waals surface area contributed by atoms with Gasteiger partial charge in [-0.05, 0) is 24.1 Å². The molecule has 2 nitrogen and oxygen atoms in total. The van der Waals surface area contributed by atoms with Crippen molar-refractivity contribution in [2.75, 3.05) is 6.61 Å². The molecule has 0 aliphatic carbocycles. The number of allylic oxidation sites excluding steroid dienone is 1. The smallest absolute Gasteiger partial charge is 0.0595 e. The summed E-state index contributed by atoms with van der Waals surface area (Å²) in [6.45, 7) is 3.62. The largest absolute Gasteiger partial charge is 0.395 e. The zero-order valence-corrected chi connectivity index (χ0v) is 10.4. The van der Waals surface area contributed by atoms with Gasteiger partial charge in [-0.1, -0.05) is 35.3 Å². The Kier molecular flexibility index (Phi) is 5.29. The van der Waals surface area contributed by atoms with Crippen LogP contribution in [0.1, 0.15) is 17.9 Å². The van der Waals surface area contributed by atoms with Gasteiger partial charge in [-0.25, -0.2) is 0 Å². The lowest BCUT2D eigenvalue weighted by molar-refractivity contribution is 0.248. The summed E-state index contributed by atoms with van der Waals surface area (Å²) in [6, 6.07) is 5.07. The monoisotopic (exact) mass is 259 g/mol. The Morgan fingerprint density at radius 2 is 2.06 bits per heavy atom. The number of nitrogens with two attached hydrogens (primary N) is 1. The SMILES string of the molecule is C=CC[C@@H](c1ccc(Cl)c(Cl)c1)[C@H](N)CO. The summed E-state index contributed by atoms with van der Waals surface area (Å²) < 4.78 is 0. The van der Waals surface area contributed by atoms with Gasteiger partial charge in [0, 0.05) is 12.0 Å². The van der Waals surface area contributed by atoms with Crippen LogP contribution in [-0.2, 0) is 0 Å². The maximum Gasteiger partial charge on any atom is 0.0595 e. The maximum absolute atomic E-state index is 9.10. The summed E-state index contributed by atoms with van der Waals surface area (Å²) >= 11 is 11.8. The average Bonchev–Trinajstić information content (AvgIpc) is 2.29. The molecule has 1 aromatic rings. The number of hydrogen-bond acceptors (Lipinski definition) is 2. The van der Waals surface area contributed by atoms with Crippen molar-refractivity contribution < 1.29 is 5.11 Å². The third-order valence-electron chi connectivity index (χ3n) is 2.52. The highest BCUT2D eigenvalue weighted by Gasteiger charge is 2.18. The molecule has 1 aromatic carbocycles. The second-order valence-corrected chi connectivity index (χ2v) is 4.47. The molecule has 0 bridgehead atoms. The highest BCUT2D eigenvalue weighted by Crippen LogP contribution is 2.29. The fourth-order valence-electron chi connectivity index (χ4n) is 1.61. The molecule has 0 aliphatic rings. The van der Waals surface area contributed by atoms with Gasteiger partial charge in [0.15, 0.2) is 0 Å². The van der Waals surface area contributed by atoms with Crippen LogP contribution in [0.2, 0.25) is 10.0 Å². The number of aliphatic hydroxyl groups excluding tert-OH is 1. The number of rotatable bonds is 5. The van der Waals surface area contributed by atoms with Gasteiger partial charge in [0.05, 0.1) is 16.7 Å². The summed E-state index contributed by atoms with van der Waals surface area (Å²) in [5, 5.41) is 10.1. The first-order valence-electron chi connectivity index (χ1n) is 5.02. The van der Waals surface area contributed by atoms with E-state index in [9.17, 15) is 0 Å². The Morgan fingerprint density at radius 3 is 2.56 bits per heavy atom. The van der Waals surface area contributed by atoms with Crippen LogP contribution >= 0.6 is 23.2 Å². The first-order chi connectivity index (χ1) is 7.60. The lowest BCUT2D eigenvalue weighted by atomic mass is 9.89. The third kappa shape index (κ3) is 3.22. The van der Waals surface area contributed by atoms with Crippen molar-refractivity contribution in [2.24, 2.45) is 5.73 Å². The minimum absolute atomic E-state index is 0.0114. The zero-order valence-electron chi connectivity index (χ0n) is 8.87. The van der Waals surface area contributed by atoms with Crippen LogP contribution in [0.15, 0.2) is 30.9 Å². The van der Waals surface area contributed by atoms with Gasteiger partial charge >= 0.3 is 0 Å². The van der Waals surface area contributed by atoms with Crippen molar-refractivity contribution in [1.29, 1.82) is 0 Å².